The van der Waals surface area contributed by atoms with Crippen LogP contribution in [0, 0.1) is 12.8 Å². The molecule has 1 aliphatic heterocycles. The molecule has 5 heterocycles. The molecule has 0 unspecified atom stereocenters. The molecule has 29 heavy (non-hydrogen) atoms. The van der Waals surface area contributed by atoms with Gasteiger partial charge in [0.15, 0.2) is 11.6 Å². The van der Waals surface area contributed by atoms with Gasteiger partial charge in [-0.3, -0.25) is 4.79 Å². The fraction of sp³-hybridized carbons (Fsp3) is 0.368. The number of H-pyrrole nitrogens is 1. The minimum atomic E-state index is -0.101. The van der Waals surface area contributed by atoms with Crippen LogP contribution in [0.25, 0.3) is 16.9 Å². The average Bonchev–Trinajstić information content (AvgIpc) is 3.39. The summed E-state index contributed by atoms with van der Waals surface area (Å²) in [5.41, 5.74) is 2.90. The van der Waals surface area contributed by atoms with E-state index in [1.807, 2.05) is 13.0 Å². The quantitative estimate of drug-likeness (QED) is 0.558. The summed E-state index contributed by atoms with van der Waals surface area (Å²) < 4.78 is 3.09. The van der Waals surface area contributed by atoms with E-state index in [2.05, 4.69) is 35.0 Å². The van der Waals surface area contributed by atoms with E-state index in [1.54, 1.807) is 23.4 Å². The van der Waals surface area contributed by atoms with E-state index >= 15 is 0 Å². The highest BCUT2D eigenvalue weighted by Crippen LogP contribution is 2.27. The first-order chi connectivity index (χ1) is 14.2. The highest BCUT2D eigenvalue weighted by atomic mass is 16.1. The Morgan fingerprint density at radius 3 is 2.83 bits per heavy atom. The van der Waals surface area contributed by atoms with Crippen LogP contribution in [0.1, 0.15) is 18.5 Å². The minimum Gasteiger partial charge on any atom is -0.355 e. The Bertz CT molecular complexity index is 1190. The van der Waals surface area contributed by atoms with Crippen LogP contribution in [0.15, 0.2) is 42.0 Å². The van der Waals surface area contributed by atoms with Crippen LogP contribution < -0.4 is 10.5 Å². The highest BCUT2D eigenvalue weighted by molar-refractivity contribution is 5.86. The third-order valence-corrected chi connectivity index (χ3v) is 5.38. The highest BCUT2D eigenvalue weighted by Gasteiger charge is 2.23. The van der Waals surface area contributed by atoms with Gasteiger partial charge in [-0.1, -0.05) is 0 Å². The second-order valence-electron chi connectivity index (χ2n) is 7.39. The molecule has 0 saturated carbocycles. The molecule has 0 spiro atoms. The number of anilines is 1. The fourth-order valence-electron chi connectivity index (χ4n) is 3.89. The van der Waals surface area contributed by atoms with Gasteiger partial charge in [-0.2, -0.15) is 5.10 Å². The molecule has 148 valence electrons. The molecular formula is C19H21N9O. The summed E-state index contributed by atoms with van der Waals surface area (Å²) in [4.78, 5) is 30.7. The smallest absolute Gasteiger partial charge is 0.266 e. The number of nitrogens with zero attached hydrogens (tertiary/aromatic N) is 8. The van der Waals surface area contributed by atoms with E-state index in [9.17, 15) is 4.79 Å². The van der Waals surface area contributed by atoms with E-state index in [0.29, 0.717) is 18.3 Å². The molecule has 0 atom stereocenters. The Balaban J connectivity index is 1.30. The zero-order valence-corrected chi connectivity index (χ0v) is 16.1. The van der Waals surface area contributed by atoms with Crippen molar-refractivity contribution in [2.24, 2.45) is 5.92 Å². The summed E-state index contributed by atoms with van der Waals surface area (Å²) in [6.07, 6.45) is 6.57. The normalized spacial score (nSPS) is 15.3. The number of aromatic nitrogens is 8. The molecule has 10 heteroatoms. The molecule has 1 aliphatic rings. The maximum Gasteiger partial charge on any atom is 0.266 e. The van der Waals surface area contributed by atoms with Gasteiger partial charge in [-0.05, 0) is 37.8 Å². The number of piperidine rings is 1. The van der Waals surface area contributed by atoms with E-state index in [1.165, 1.54) is 17.1 Å². The Morgan fingerprint density at radius 2 is 2.03 bits per heavy atom. The lowest BCUT2D eigenvalue weighted by Crippen LogP contribution is -2.37. The number of fused-ring (bicyclic) bond motifs is 1. The molecule has 5 rings (SSSR count). The van der Waals surface area contributed by atoms with Gasteiger partial charge >= 0.3 is 0 Å². The van der Waals surface area contributed by atoms with Crippen molar-refractivity contribution in [2.75, 3.05) is 18.0 Å². The monoisotopic (exact) mass is 391 g/mol. The molecule has 0 aliphatic carbocycles. The SMILES string of the molecule is Cc1cc2ncnc(N3CCC(Cn4nc(-n5cncn5)ccc4=O)CC3)c2[nH]1. The summed E-state index contributed by atoms with van der Waals surface area (Å²) in [6, 6.07) is 5.23. The minimum absolute atomic E-state index is 0.101. The Kier molecular flexibility index (Phi) is 4.30. The third kappa shape index (κ3) is 3.37. The zero-order chi connectivity index (χ0) is 19.8. The number of aromatic amines is 1. The van der Waals surface area contributed by atoms with Gasteiger partial charge in [-0.15, -0.1) is 5.10 Å². The molecule has 1 saturated heterocycles. The molecular weight excluding hydrogens is 370 g/mol. The number of rotatable bonds is 4. The fourth-order valence-corrected chi connectivity index (χ4v) is 3.89. The molecule has 0 radical (unpaired) electrons. The topological polar surface area (TPSA) is 110 Å². The predicted molar refractivity (Wildman–Crippen MR) is 107 cm³/mol. The van der Waals surface area contributed by atoms with Gasteiger partial charge in [0.05, 0.1) is 5.52 Å². The molecule has 0 amide bonds. The number of aryl methyl sites for hydroxylation is 1. The maximum absolute atomic E-state index is 12.3. The van der Waals surface area contributed by atoms with Gasteiger partial charge < -0.3 is 9.88 Å². The van der Waals surface area contributed by atoms with Crippen molar-refractivity contribution >= 4 is 16.9 Å². The van der Waals surface area contributed by atoms with Crippen molar-refractivity contribution in [3.63, 3.8) is 0 Å². The maximum atomic E-state index is 12.3. The standard InChI is InChI=1S/C19H21N9O/c1-13-8-15-18(24-13)19(22-11-21-15)26-6-4-14(5-7-26)9-27-17(29)3-2-16(25-27)28-12-20-10-23-28/h2-3,8,10-12,14,24H,4-7,9H2,1H3. The van der Waals surface area contributed by atoms with Crippen molar-refractivity contribution in [1.29, 1.82) is 0 Å². The Labute approximate surface area is 166 Å². The molecule has 1 fully saturated rings. The molecule has 4 aromatic rings. The first-order valence-electron chi connectivity index (χ1n) is 9.66. The number of hydrogen-bond donors (Lipinski definition) is 1. The largest absolute Gasteiger partial charge is 0.355 e. The summed E-state index contributed by atoms with van der Waals surface area (Å²) in [6.45, 7) is 4.38. The predicted octanol–water partition coefficient (Wildman–Crippen LogP) is 1.32. The number of nitrogens with one attached hydrogen (secondary N) is 1. The van der Waals surface area contributed by atoms with Crippen molar-refractivity contribution in [1.82, 2.24) is 39.5 Å². The van der Waals surface area contributed by atoms with Gasteiger partial charge in [0.1, 0.15) is 24.5 Å². The summed E-state index contributed by atoms with van der Waals surface area (Å²) in [5.74, 6) is 1.92. The van der Waals surface area contributed by atoms with Gasteiger partial charge in [0.25, 0.3) is 5.56 Å². The van der Waals surface area contributed by atoms with E-state index in [4.69, 9.17) is 0 Å². The van der Waals surface area contributed by atoms with Crippen LogP contribution in [0.4, 0.5) is 5.82 Å². The van der Waals surface area contributed by atoms with Crippen molar-refractivity contribution in [2.45, 2.75) is 26.3 Å². The molecule has 10 nitrogen and oxygen atoms in total. The second-order valence-corrected chi connectivity index (χ2v) is 7.39. The first-order valence-corrected chi connectivity index (χ1v) is 9.66. The van der Waals surface area contributed by atoms with Crippen molar-refractivity contribution in [3.8, 4) is 5.82 Å². The first kappa shape index (κ1) is 17.5. The van der Waals surface area contributed by atoms with Crippen LogP contribution in [0.3, 0.4) is 0 Å². The zero-order valence-electron chi connectivity index (χ0n) is 16.1. The molecule has 1 N–H and O–H groups in total. The Morgan fingerprint density at radius 1 is 1.17 bits per heavy atom. The van der Waals surface area contributed by atoms with E-state index < -0.39 is 0 Å². The third-order valence-electron chi connectivity index (χ3n) is 5.38. The Hall–Kier alpha value is -3.56. The lowest BCUT2D eigenvalue weighted by atomic mass is 9.97. The van der Waals surface area contributed by atoms with E-state index in [-0.39, 0.29) is 5.56 Å². The van der Waals surface area contributed by atoms with Gasteiger partial charge in [-0.25, -0.2) is 24.3 Å². The van der Waals surface area contributed by atoms with Crippen LogP contribution in [-0.2, 0) is 6.54 Å². The van der Waals surface area contributed by atoms with Gasteiger partial charge in [0, 0.05) is 31.4 Å². The molecule has 4 aromatic heterocycles. The summed E-state index contributed by atoms with van der Waals surface area (Å²) >= 11 is 0. The lowest BCUT2D eigenvalue weighted by molar-refractivity contribution is 0.334. The van der Waals surface area contributed by atoms with Crippen LogP contribution in [-0.4, -0.2) is 52.6 Å². The van der Waals surface area contributed by atoms with Crippen LogP contribution in [0.5, 0.6) is 0 Å². The number of hydrogen-bond acceptors (Lipinski definition) is 7. The second kappa shape index (κ2) is 7.12. The van der Waals surface area contributed by atoms with Crippen molar-refractivity contribution < 1.29 is 0 Å². The van der Waals surface area contributed by atoms with Crippen LogP contribution in [0.2, 0.25) is 0 Å². The molecule has 0 bridgehead atoms. The summed E-state index contributed by atoms with van der Waals surface area (Å²) in [5, 5.41) is 8.54. The summed E-state index contributed by atoms with van der Waals surface area (Å²) in [7, 11) is 0. The average molecular weight is 391 g/mol. The van der Waals surface area contributed by atoms with E-state index in [0.717, 1.165) is 48.5 Å². The van der Waals surface area contributed by atoms with Crippen molar-refractivity contribution in [3.05, 3.63) is 53.2 Å². The molecule has 0 aromatic carbocycles. The van der Waals surface area contributed by atoms with Crippen LogP contribution >= 0.6 is 0 Å². The van der Waals surface area contributed by atoms with Gasteiger partial charge in [0.2, 0.25) is 0 Å². The lowest BCUT2D eigenvalue weighted by Gasteiger charge is -2.32.